The normalized spacial score (nSPS) is 13.3. The summed E-state index contributed by atoms with van der Waals surface area (Å²) in [7, 11) is -0.835. The van der Waals surface area contributed by atoms with Crippen molar-refractivity contribution in [2.24, 2.45) is 0 Å². The molecule has 5 heteroatoms. The van der Waals surface area contributed by atoms with Crippen LogP contribution in [0.5, 0.6) is 0 Å². The highest BCUT2D eigenvalue weighted by Crippen LogP contribution is 1.95. The van der Waals surface area contributed by atoms with Gasteiger partial charge in [-0.05, 0) is 6.07 Å². The highest BCUT2D eigenvalue weighted by molar-refractivity contribution is 7.83. The average Bonchev–Trinajstić information content (AvgIpc) is 2.13. The molecule has 1 aromatic rings. The Morgan fingerprint density at radius 3 is 3.00 bits per heavy atom. The lowest BCUT2D eigenvalue weighted by molar-refractivity contribution is 0.685. The number of nitrogens with zero attached hydrogens (tertiary/aromatic N) is 2. The van der Waals surface area contributed by atoms with Gasteiger partial charge in [0.15, 0.2) is 0 Å². The molecule has 1 unspecified atom stereocenters. The summed E-state index contributed by atoms with van der Waals surface area (Å²) in [6.07, 6.45) is 3.26. The third-order valence-corrected chi connectivity index (χ3v) is 1.72. The highest BCUT2D eigenvalue weighted by atomic mass is 32.2. The van der Waals surface area contributed by atoms with Crippen LogP contribution in [0.2, 0.25) is 0 Å². The van der Waals surface area contributed by atoms with Crippen molar-refractivity contribution in [3.05, 3.63) is 18.0 Å². The zero-order valence-corrected chi connectivity index (χ0v) is 6.47. The van der Waals surface area contributed by atoms with E-state index in [0.29, 0.717) is 5.75 Å². The second-order valence-corrected chi connectivity index (χ2v) is 3.44. The number of nitrogens with two attached hydrogens (primary N) is 1. The van der Waals surface area contributed by atoms with Gasteiger partial charge in [-0.2, -0.15) is 9.89 Å². The molecule has 56 valence electrons. The first-order valence-corrected chi connectivity index (χ1v) is 4.51. The summed E-state index contributed by atoms with van der Waals surface area (Å²) in [4.78, 5) is 1.21. The zero-order chi connectivity index (χ0) is 7.56. The molecule has 0 aliphatic heterocycles. The van der Waals surface area contributed by atoms with Crippen LogP contribution in [0, 0.1) is 0 Å². The van der Waals surface area contributed by atoms with E-state index >= 15 is 0 Å². The molecule has 0 aliphatic rings. The largest absolute Gasteiger partial charge is 0.323 e. The van der Waals surface area contributed by atoms with E-state index in [1.165, 1.54) is 4.79 Å². The van der Waals surface area contributed by atoms with Crippen LogP contribution in [-0.2, 0) is 16.6 Å². The van der Waals surface area contributed by atoms with Crippen LogP contribution in [0.4, 0.5) is 0 Å². The van der Waals surface area contributed by atoms with Crippen molar-refractivity contribution in [1.29, 1.82) is 0 Å². The Morgan fingerprint density at radius 2 is 2.60 bits per heavy atom. The van der Waals surface area contributed by atoms with Crippen molar-refractivity contribution in [3.8, 4) is 0 Å². The molecule has 0 saturated carbocycles. The summed E-state index contributed by atoms with van der Waals surface area (Å²) in [5.41, 5.74) is 0.767. The third kappa shape index (κ3) is 1.84. The molecule has 0 amide bonds. The lowest BCUT2D eigenvalue weighted by Gasteiger charge is -1.88. The molecule has 10 heavy (non-hydrogen) atoms. The zero-order valence-electron chi connectivity index (χ0n) is 5.65. The molecule has 0 bridgehead atoms. The van der Waals surface area contributed by atoms with E-state index in [2.05, 4.69) is 5.10 Å². The van der Waals surface area contributed by atoms with Gasteiger partial charge in [-0.3, -0.25) is 4.21 Å². The molecule has 1 atom stereocenters. The van der Waals surface area contributed by atoms with Crippen LogP contribution < -0.4 is 5.84 Å². The lowest BCUT2D eigenvalue weighted by Crippen LogP contribution is -2.08. The Kier molecular flexibility index (Phi) is 2.06. The molecular weight excluding hydrogens is 150 g/mol. The van der Waals surface area contributed by atoms with Gasteiger partial charge < -0.3 is 5.84 Å². The standard InChI is InChI=1S/C5H9N3OS/c1-10(9)4-5-2-3-8(6)7-5/h2-3H,4,6H2,1H3. The van der Waals surface area contributed by atoms with Gasteiger partial charge in [0, 0.05) is 23.3 Å². The van der Waals surface area contributed by atoms with Crippen LogP contribution in [0.1, 0.15) is 5.69 Å². The molecule has 0 radical (unpaired) electrons. The maximum absolute atomic E-state index is 10.6. The van der Waals surface area contributed by atoms with Crippen LogP contribution in [0.15, 0.2) is 12.3 Å². The van der Waals surface area contributed by atoms with E-state index in [-0.39, 0.29) is 0 Å². The molecule has 1 aromatic heterocycles. The fourth-order valence-corrected chi connectivity index (χ4v) is 1.23. The van der Waals surface area contributed by atoms with Crippen molar-refractivity contribution >= 4 is 10.8 Å². The van der Waals surface area contributed by atoms with Gasteiger partial charge in [0.05, 0.1) is 11.4 Å². The average molecular weight is 159 g/mol. The van der Waals surface area contributed by atoms with Gasteiger partial charge in [-0.1, -0.05) is 0 Å². The Morgan fingerprint density at radius 1 is 1.90 bits per heavy atom. The first-order valence-electron chi connectivity index (χ1n) is 2.78. The van der Waals surface area contributed by atoms with Gasteiger partial charge in [0.25, 0.3) is 0 Å². The van der Waals surface area contributed by atoms with Gasteiger partial charge in [0.2, 0.25) is 0 Å². The fourth-order valence-electron chi connectivity index (χ4n) is 0.663. The quantitative estimate of drug-likeness (QED) is 0.590. The predicted molar refractivity (Wildman–Crippen MR) is 40.1 cm³/mol. The van der Waals surface area contributed by atoms with Crippen molar-refractivity contribution in [2.45, 2.75) is 5.75 Å². The van der Waals surface area contributed by atoms with Gasteiger partial charge >= 0.3 is 0 Å². The Hall–Kier alpha value is -0.840. The number of rotatable bonds is 2. The third-order valence-electron chi connectivity index (χ3n) is 1.01. The molecule has 1 heterocycles. The van der Waals surface area contributed by atoms with E-state index in [4.69, 9.17) is 5.84 Å². The molecule has 0 aromatic carbocycles. The van der Waals surface area contributed by atoms with Gasteiger partial charge in [-0.15, -0.1) is 0 Å². The maximum Gasteiger partial charge on any atom is 0.0770 e. The molecule has 0 saturated heterocycles. The second kappa shape index (κ2) is 2.83. The Labute approximate surface area is 61.5 Å². The molecule has 1 rings (SSSR count). The van der Waals surface area contributed by atoms with Crippen molar-refractivity contribution in [1.82, 2.24) is 9.89 Å². The number of aromatic nitrogens is 2. The molecule has 0 spiro atoms. The minimum Gasteiger partial charge on any atom is -0.323 e. The van der Waals surface area contributed by atoms with E-state index in [1.54, 1.807) is 18.5 Å². The van der Waals surface area contributed by atoms with Gasteiger partial charge in [0.1, 0.15) is 0 Å². The molecular formula is C5H9N3OS. The van der Waals surface area contributed by atoms with Crippen LogP contribution in [0.25, 0.3) is 0 Å². The molecule has 4 nitrogen and oxygen atoms in total. The minimum atomic E-state index is -0.835. The topological polar surface area (TPSA) is 60.9 Å². The summed E-state index contributed by atoms with van der Waals surface area (Å²) in [6, 6.07) is 1.75. The van der Waals surface area contributed by atoms with Crippen molar-refractivity contribution < 1.29 is 4.21 Å². The predicted octanol–water partition coefficient (Wildman–Crippen LogP) is -0.525. The number of hydrogen-bond acceptors (Lipinski definition) is 3. The monoisotopic (exact) mass is 159 g/mol. The smallest absolute Gasteiger partial charge is 0.0770 e. The second-order valence-electron chi connectivity index (χ2n) is 2.00. The molecule has 2 N–H and O–H groups in total. The highest BCUT2D eigenvalue weighted by Gasteiger charge is 1.97. The first kappa shape index (κ1) is 7.27. The van der Waals surface area contributed by atoms with Crippen LogP contribution >= 0.6 is 0 Å². The number of nitrogen functional groups attached to an aromatic ring is 1. The summed E-state index contributed by atoms with van der Waals surface area (Å²) < 4.78 is 10.6. The molecule has 0 fully saturated rings. The summed E-state index contributed by atoms with van der Waals surface area (Å²) >= 11 is 0. The minimum absolute atomic E-state index is 0.476. The van der Waals surface area contributed by atoms with E-state index in [0.717, 1.165) is 5.69 Å². The Bertz CT molecular complexity index is 245. The van der Waals surface area contributed by atoms with E-state index in [1.807, 2.05) is 0 Å². The summed E-state index contributed by atoms with van der Waals surface area (Å²) in [5.74, 6) is 5.74. The number of hydrogen-bond donors (Lipinski definition) is 1. The maximum atomic E-state index is 10.6. The van der Waals surface area contributed by atoms with Crippen molar-refractivity contribution in [2.75, 3.05) is 12.1 Å². The van der Waals surface area contributed by atoms with Crippen molar-refractivity contribution in [3.63, 3.8) is 0 Å². The fraction of sp³-hybridized carbons (Fsp3) is 0.400. The first-order chi connectivity index (χ1) is 4.68. The van der Waals surface area contributed by atoms with Crippen LogP contribution in [0.3, 0.4) is 0 Å². The van der Waals surface area contributed by atoms with Crippen LogP contribution in [-0.4, -0.2) is 20.4 Å². The molecule has 0 aliphatic carbocycles. The SMILES string of the molecule is CS(=O)Cc1ccn(N)n1. The van der Waals surface area contributed by atoms with E-state index in [9.17, 15) is 4.21 Å². The summed E-state index contributed by atoms with van der Waals surface area (Å²) in [6.45, 7) is 0. The Balaban J connectivity index is 2.67. The lowest BCUT2D eigenvalue weighted by atomic mass is 10.5. The van der Waals surface area contributed by atoms with Gasteiger partial charge in [-0.25, -0.2) is 0 Å². The van der Waals surface area contributed by atoms with E-state index < -0.39 is 10.8 Å². The summed E-state index contributed by atoms with van der Waals surface area (Å²) in [5, 5.41) is 3.85.